The van der Waals surface area contributed by atoms with Crippen LogP contribution < -0.4 is 0 Å². The summed E-state index contributed by atoms with van der Waals surface area (Å²) >= 11 is 0. The molecule has 1 fully saturated rings. The summed E-state index contributed by atoms with van der Waals surface area (Å²) in [6, 6.07) is 9.98. The van der Waals surface area contributed by atoms with Crippen LogP contribution in [0.5, 0.6) is 0 Å². The van der Waals surface area contributed by atoms with Crippen LogP contribution in [0.3, 0.4) is 0 Å². The molecule has 1 aromatic rings. The first kappa shape index (κ1) is 15.4. The molecule has 2 rings (SSSR count). The summed E-state index contributed by atoms with van der Waals surface area (Å²) in [5.74, 6) is 0. The zero-order chi connectivity index (χ0) is 14.2. The fourth-order valence-corrected chi connectivity index (χ4v) is 2.24. The van der Waals surface area contributed by atoms with Crippen LogP contribution in [0.1, 0.15) is 31.7 Å². The number of benzene rings is 1. The van der Waals surface area contributed by atoms with Crippen molar-refractivity contribution in [2.45, 2.75) is 51.3 Å². The molecule has 2 atom stereocenters. The summed E-state index contributed by atoms with van der Waals surface area (Å²) in [6.07, 6.45) is 1.15. The Morgan fingerprint density at radius 1 is 1.25 bits per heavy atom. The summed E-state index contributed by atoms with van der Waals surface area (Å²) < 4.78 is 17.0. The molecule has 0 aliphatic carbocycles. The molecule has 0 radical (unpaired) electrons. The van der Waals surface area contributed by atoms with Gasteiger partial charge in [-0.1, -0.05) is 37.3 Å². The van der Waals surface area contributed by atoms with Gasteiger partial charge in [-0.15, -0.1) is 0 Å². The lowest BCUT2D eigenvalue weighted by Gasteiger charge is -2.29. The van der Waals surface area contributed by atoms with Gasteiger partial charge < -0.3 is 19.3 Å². The van der Waals surface area contributed by atoms with Crippen molar-refractivity contribution in [3.63, 3.8) is 0 Å². The molecule has 1 aliphatic rings. The van der Waals surface area contributed by atoms with Gasteiger partial charge in [0, 0.05) is 6.42 Å². The molecule has 0 bridgehead atoms. The second kappa shape index (κ2) is 8.37. The zero-order valence-corrected chi connectivity index (χ0v) is 12.0. The smallest absolute Gasteiger partial charge is 0.160 e. The van der Waals surface area contributed by atoms with E-state index in [1.54, 1.807) is 0 Å². The first-order chi connectivity index (χ1) is 9.79. The molecule has 112 valence electrons. The SMILES string of the molecule is CC[C@@H](O)[C@H](CC1OCCCO1)OCc1ccccc1. The van der Waals surface area contributed by atoms with E-state index >= 15 is 0 Å². The van der Waals surface area contributed by atoms with Gasteiger partial charge in [-0.3, -0.25) is 0 Å². The normalized spacial score (nSPS) is 19.7. The van der Waals surface area contributed by atoms with E-state index in [0.717, 1.165) is 25.2 Å². The van der Waals surface area contributed by atoms with E-state index in [1.165, 1.54) is 0 Å². The Morgan fingerprint density at radius 2 is 1.95 bits per heavy atom. The largest absolute Gasteiger partial charge is 0.390 e. The molecule has 0 saturated carbocycles. The molecule has 0 spiro atoms. The molecule has 1 N–H and O–H groups in total. The van der Waals surface area contributed by atoms with Crippen molar-refractivity contribution in [1.29, 1.82) is 0 Å². The van der Waals surface area contributed by atoms with Crippen molar-refractivity contribution in [2.24, 2.45) is 0 Å². The third-order valence-corrected chi connectivity index (χ3v) is 3.48. The Labute approximate surface area is 120 Å². The zero-order valence-electron chi connectivity index (χ0n) is 12.0. The monoisotopic (exact) mass is 280 g/mol. The molecule has 1 saturated heterocycles. The van der Waals surface area contributed by atoms with Crippen molar-refractivity contribution in [2.75, 3.05) is 13.2 Å². The number of rotatable bonds is 7. The minimum atomic E-state index is -0.493. The third-order valence-electron chi connectivity index (χ3n) is 3.48. The van der Waals surface area contributed by atoms with Gasteiger partial charge in [0.25, 0.3) is 0 Å². The Balaban J connectivity index is 1.86. The standard InChI is InChI=1S/C16H24O4/c1-2-14(17)15(11-16-18-9-6-10-19-16)20-12-13-7-4-3-5-8-13/h3-5,7-8,14-17H,2,6,9-12H2,1H3/t14-,15+/m1/s1. The molecule has 1 aliphatic heterocycles. The fraction of sp³-hybridized carbons (Fsp3) is 0.625. The van der Waals surface area contributed by atoms with Crippen LogP contribution in [-0.2, 0) is 20.8 Å². The highest BCUT2D eigenvalue weighted by Gasteiger charge is 2.25. The summed E-state index contributed by atoms with van der Waals surface area (Å²) in [5, 5.41) is 10.1. The molecule has 1 heterocycles. The van der Waals surface area contributed by atoms with Gasteiger partial charge in [0.15, 0.2) is 6.29 Å². The summed E-state index contributed by atoms with van der Waals surface area (Å²) in [7, 11) is 0. The lowest BCUT2D eigenvalue weighted by molar-refractivity contribution is -0.203. The maximum absolute atomic E-state index is 10.1. The highest BCUT2D eigenvalue weighted by atomic mass is 16.7. The van der Waals surface area contributed by atoms with Crippen molar-refractivity contribution in [1.82, 2.24) is 0 Å². The van der Waals surface area contributed by atoms with Gasteiger partial charge in [0.05, 0.1) is 32.0 Å². The van der Waals surface area contributed by atoms with Gasteiger partial charge in [0.1, 0.15) is 0 Å². The first-order valence-corrected chi connectivity index (χ1v) is 7.36. The lowest BCUT2D eigenvalue weighted by Crippen LogP contribution is -2.36. The predicted octanol–water partition coefficient (Wildman–Crippen LogP) is 2.50. The number of hydrogen-bond acceptors (Lipinski definition) is 4. The van der Waals surface area contributed by atoms with E-state index in [4.69, 9.17) is 14.2 Å². The summed E-state index contributed by atoms with van der Waals surface area (Å²) in [4.78, 5) is 0. The van der Waals surface area contributed by atoms with E-state index in [1.807, 2.05) is 37.3 Å². The second-order valence-corrected chi connectivity index (χ2v) is 5.07. The highest BCUT2D eigenvalue weighted by molar-refractivity contribution is 5.13. The quantitative estimate of drug-likeness (QED) is 0.833. The Hall–Kier alpha value is -0.940. The van der Waals surface area contributed by atoms with E-state index in [0.29, 0.717) is 19.4 Å². The number of hydrogen-bond donors (Lipinski definition) is 1. The van der Waals surface area contributed by atoms with Crippen LogP contribution in [0.2, 0.25) is 0 Å². The predicted molar refractivity (Wildman–Crippen MR) is 76.2 cm³/mol. The minimum absolute atomic E-state index is 0.259. The summed E-state index contributed by atoms with van der Waals surface area (Å²) in [6.45, 7) is 3.89. The van der Waals surface area contributed by atoms with E-state index in [9.17, 15) is 5.11 Å². The fourth-order valence-electron chi connectivity index (χ4n) is 2.24. The molecule has 0 aromatic heterocycles. The highest BCUT2D eigenvalue weighted by Crippen LogP contribution is 2.18. The molecule has 4 heteroatoms. The van der Waals surface area contributed by atoms with Crippen LogP contribution in [0.15, 0.2) is 30.3 Å². The van der Waals surface area contributed by atoms with Crippen LogP contribution in [0.4, 0.5) is 0 Å². The Bertz CT molecular complexity index is 362. The van der Waals surface area contributed by atoms with Crippen LogP contribution in [0.25, 0.3) is 0 Å². The first-order valence-electron chi connectivity index (χ1n) is 7.36. The van der Waals surface area contributed by atoms with Crippen molar-refractivity contribution in [3.05, 3.63) is 35.9 Å². The van der Waals surface area contributed by atoms with Gasteiger partial charge in [-0.25, -0.2) is 0 Å². The third kappa shape index (κ3) is 4.87. The maximum atomic E-state index is 10.1. The van der Waals surface area contributed by atoms with E-state index < -0.39 is 6.10 Å². The molecule has 4 nitrogen and oxygen atoms in total. The minimum Gasteiger partial charge on any atom is -0.390 e. The van der Waals surface area contributed by atoms with Crippen LogP contribution >= 0.6 is 0 Å². The van der Waals surface area contributed by atoms with Gasteiger partial charge in [-0.2, -0.15) is 0 Å². The van der Waals surface area contributed by atoms with Crippen molar-refractivity contribution < 1.29 is 19.3 Å². The average molecular weight is 280 g/mol. The summed E-state index contributed by atoms with van der Waals surface area (Å²) in [5.41, 5.74) is 1.10. The van der Waals surface area contributed by atoms with E-state index in [-0.39, 0.29) is 12.4 Å². The molecule has 0 amide bonds. The molecule has 0 unspecified atom stereocenters. The molecule has 20 heavy (non-hydrogen) atoms. The van der Waals surface area contributed by atoms with Crippen LogP contribution in [0, 0.1) is 0 Å². The van der Waals surface area contributed by atoms with E-state index in [2.05, 4.69) is 0 Å². The van der Waals surface area contributed by atoms with Crippen molar-refractivity contribution in [3.8, 4) is 0 Å². The molecule has 1 aromatic carbocycles. The topological polar surface area (TPSA) is 47.9 Å². The molecular weight excluding hydrogens is 256 g/mol. The number of aliphatic hydroxyl groups excluding tert-OH is 1. The maximum Gasteiger partial charge on any atom is 0.160 e. The Morgan fingerprint density at radius 3 is 2.60 bits per heavy atom. The Kier molecular flexibility index (Phi) is 6.47. The number of ether oxygens (including phenoxy) is 3. The van der Waals surface area contributed by atoms with Gasteiger partial charge >= 0.3 is 0 Å². The van der Waals surface area contributed by atoms with Gasteiger partial charge in [-0.05, 0) is 18.4 Å². The van der Waals surface area contributed by atoms with Gasteiger partial charge in [0.2, 0.25) is 0 Å². The average Bonchev–Trinajstić information content (AvgIpc) is 2.52. The van der Waals surface area contributed by atoms with Crippen LogP contribution in [-0.4, -0.2) is 36.8 Å². The lowest BCUT2D eigenvalue weighted by atomic mass is 10.1. The molecular formula is C16H24O4. The second-order valence-electron chi connectivity index (χ2n) is 5.07. The van der Waals surface area contributed by atoms with Crippen molar-refractivity contribution >= 4 is 0 Å². The number of aliphatic hydroxyl groups is 1.